The van der Waals surface area contributed by atoms with E-state index in [1.54, 1.807) is 0 Å². The molecule has 0 N–H and O–H groups in total. The third-order valence-electron chi connectivity index (χ3n) is 20.5. The van der Waals surface area contributed by atoms with Crippen LogP contribution in [0.25, 0.3) is 204 Å². The van der Waals surface area contributed by atoms with Gasteiger partial charge < -0.3 is 13.4 Å². The van der Waals surface area contributed by atoms with Crippen molar-refractivity contribution in [2.75, 3.05) is 0 Å². The van der Waals surface area contributed by atoms with Crippen LogP contribution < -0.4 is 0 Å². The minimum Gasteiger partial charge on any atom is -0.455 e. The van der Waals surface area contributed by atoms with Crippen LogP contribution in [0.2, 0.25) is 0 Å². The van der Waals surface area contributed by atoms with Crippen LogP contribution in [-0.4, -0.2) is 4.57 Å². The second-order valence-corrected chi connectivity index (χ2v) is 26.2. The number of hydrogen-bond donors (Lipinski definition) is 0. The molecule has 0 amide bonds. The van der Waals surface area contributed by atoms with Gasteiger partial charge in [-0.25, -0.2) is 0 Å². The zero-order chi connectivity index (χ0) is 65.1. The van der Waals surface area contributed by atoms with E-state index in [9.17, 15) is 0 Å². The number of aromatic nitrogens is 1. The molecule has 0 radical (unpaired) electrons. The first-order valence-corrected chi connectivity index (χ1v) is 34.0. The smallest absolute Gasteiger partial charge is 0.143 e. The number of benzene rings is 17. The van der Waals surface area contributed by atoms with Gasteiger partial charge >= 0.3 is 0 Å². The van der Waals surface area contributed by atoms with Gasteiger partial charge in [-0.05, 0) is 201 Å². The molecule has 17 aromatic carbocycles. The minimum absolute atomic E-state index is 0.844. The first-order chi connectivity index (χ1) is 49.1. The fraction of sp³-hybridized carbons (Fsp3) is 0. The lowest BCUT2D eigenvalue weighted by molar-refractivity contribution is 0.671. The van der Waals surface area contributed by atoms with Crippen LogP contribution in [0.1, 0.15) is 0 Å². The van der Waals surface area contributed by atoms with E-state index < -0.39 is 0 Å². The maximum Gasteiger partial charge on any atom is 0.143 e. The summed E-state index contributed by atoms with van der Waals surface area (Å²) in [7, 11) is 0. The van der Waals surface area contributed by atoms with Crippen LogP contribution in [0.15, 0.2) is 367 Å². The Labute approximate surface area is 571 Å². The summed E-state index contributed by atoms with van der Waals surface area (Å²) in [6.45, 7) is 0. The molecule has 20 rings (SSSR count). The molecule has 3 nitrogen and oxygen atoms in total. The van der Waals surface area contributed by atoms with Crippen LogP contribution in [0, 0.1) is 0 Å². The Morgan fingerprint density at radius 2 is 0.404 bits per heavy atom. The van der Waals surface area contributed by atoms with Crippen LogP contribution in [-0.2, 0) is 0 Å². The van der Waals surface area contributed by atoms with Crippen molar-refractivity contribution in [2.45, 2.75) is 0 Å². The third kappa shape index (κ3) is 9.35. The van der Waals surface area contributed by atoms with E-state index in [4.69, 9.17) is 8.83 Å². The summed E-state index contributed by atoms with van der Waals surface area (Å²) in [6, 6.07) is 131. The molecule has 3 aromatic heterocycles. The maximum absolute atomic E-state index is 7.43. The fourth-order valence-electron chi connectivity index (χ4n) is 15.8. The quantitative estimate of drug-likeness (QED) is 0.128. The predicted octanol–water partition coefficient (Wildman–Crippen LogP) is 27.0. The predicted molar refractivity (Wildman–Crippen MR) is 417 cm³/mol. The number of rotatable bonds is 10. The van der Waals surface area contributed by atoms with Gasteiger partial charge in [-0.3, -0.25) is 0 Å². The lowest BCUT2D eigenvalue weighted by Crippen LogP contribution is -1.94. The summed E-state index contributed by atoms with van der Waals surface area (Å²) in [5.41, 5.74) is 26.5. The zero-order valence-corrected chi connectivity index (χ0v) is 53.8. The van der Waals surface area contributed by atoms with Gasteiger partial charge in [0, 0.05) is 60.3 Å². The van der Waals surface area contributed by atoms with E-state index in [2.05, 4.69) is 362 Å². The molecule has 3 heteroatoms. The third-order valence-corrected chi connectivity index (χ3v) is 20.5. The van der Waals surface area contributed by atoms with Gasteiger partial charge in [-0.2, -0.15) is 0 Å². The lowest BCUT2D eigenvalue weighted by atomic mass is 9.92. The van der Waals surface area contributed by atoms with E-state index in [0.29, 0.717) is 0 Å². The SMILES string of the molecule is c1ccc(-c2cc(-c3ccccc3)c3oc4c(-c5ccc6c(c5)c5cc(-c7cc(-c8ccccc8)cc8c7oc7c(-c9ccccc9)cc(-c9ccccc9)cc78)ccc5n6-c5ccc(-c6ccc7c8ccccc8c8ccccc8c7c6)cc5)cc(-c5ccccc5)cc4c3c2)cc1. The Morgan fingerprint density at radius 3 is 0.758 bits per heavy atom. The Bertz CT molecular complexity index is 6250. The zero-order valence-electron chi connectivity index (χ0n) is 53.8. The van der Waals surface area contributed by atoms with Gasteiger partial charge in [0.2, 0.25) is 0 Å². The van der Waals surface area contributed by atoms with Crippen molar-refractivity contribution in [3.8, 4) is 106 Å². The summed E-state index contributed by atoms with van der Waals surface area (Å²) in [6.07, 6.45) is 0. The number of fused-ring (bicyclic) bond motifs is 15. The number of hydrogen-bond acceptors (Lipinski definition) is 2. The molecule has 0 fully saturated rings. The van der Waals surface area contributed by atoms with Crippen LogP contribution >= 0.6 is 0 Å². The highest BCUT2D eigenvalue weighted by Crippen LogP contribution is 2.49. The highest BCUT2D eigenvalue weighted by atomic mass is 16.3. The van der Waals surface area contributed by atoms with E-state index in [0.717, 1.165) is 166 Å². The summed E-state index contributed by atoms with van der Waals surface area (Å²) in [5, 5.41) is 14.1. The largest absolute Gasteiger partial charge is 0.455 e. The average molecular weight is 1260 g/mol. The lowest BCUT2D eigenvalue weighted by Gasteiger charge is -2.13. The van der Waals surface area contributed by atoms with Crippen LogP contribution in [0.4, 0.5) is 0 Å². The molecular formula is C96H59NO2. The number of furan rings is 2. The molecule has 0 saturated carbocycles. The molecule has 0 bridgehead atoms. The molecule has 0 aliphatic rings. The Kier molecular flexibility index (Phi) is 13.0. The summed E-state index contributed by atoms with van der Waals surface area (Å²) in [5.74, 6) is 0. The average Bonchev–Trinajstić information content (AvgIpc) is 1.62. The van der Waals surface area contributed by atoms with Crippen LogP contribution in [0.3, 0.4) is 0 Å². The molecular weight excluding hydrogens is 1200 g/mol. The van der Waals surface area contributed by atoms with E-state index in [-0.39, 0.29) is 0 Å². The monoisotopic (exact) mass is 1260 g/mol. The molecule has 460 valence electrons. The summed E-state index contributed by atoms with van der Waals surface area (Å²) in [4.78, 5) is 0. The minimum atomic E-state index is 0.844. The summed E-state index contributed by atoms with van der Waals surface area (Å²) < 4.78 is 17.3. The van der Waals surface area contributed by atoms with E-state index in [1.807, 2.05) is 0 Å². The molecule has 0 aliphatic heterocycles. The van der Waals surface area contributed by atoms with Crippen molar-refractivity contribution < 1.29 is 8.83 Å². The van der Waals surface area contributed by atoms with Crippen molar-refractivity contribution in [1.29, 1.82) is 0 Å². The number of nitrogens with zero attached hydrogens (tertiary/aromatic N) is 1. The first kappa shape index (κ1) is 56.3. The molecule has 0 saturated heterocycles. The van der Waals surface area contributed by atoms with Gasteiger partial charge in [-0.1, -0.05) is 267 Å². The van der Waals surface area contributed by atoms with E-state index in [1.165, 1.54) is 37.9 Å². The first-order valence-electron chi connectivity index (χ1n) is 34.0. The normalized spacial score (nSPS) is 11.8. The molecule has 0 atom stereocenters. The summed E-state index contributed by atoms with van der Waals surface area (Å²) >= 11 is 0. The molecule has 0 unspecified atom stereocenters. The standard InChI is InChI=1S/C96H59NO2/c1-7-23-60(24-8-1)70-52-80(65-31-15-5-16-32-65)93-87(56-70)89-58-72(62-27-11-3-12-28-62)54-82(95(89)98-93)68-42-47-91-85(50-68)86-51-69(43-48-92(86)97(91)74-44-39-64(40-45-74)67-41-46-79-77-37-20-19-35-75(77)76-36-21-22-38-78(76)84(79)49-67)83-55-73(63-29-13-4-14-30-63)59-90-88-57-71(61-25-9-2-10-26-61)53-81(94(88)99-96(83)90)66-33-17-6-18-34-66/h1-59H. The Morgan fingerprint density at radius 1 is 0.152 bits per heavy atom. The van der Waals surface area contributed by atoms with Gasteiger partial charge in [0.1, 0.15) is 22.3 Å². The van der Waals surface area contributed by atoms with Crippen LogP contribution in [0.5, 0.6) is 0 Å². The topological polar surface area (TPSA) is 31.2 Å². The highest BCUT2D eigenvalue weighted by molar-refractivity contribution is 6.26. The molecule has 3 heterocycles. The second kappa shape index (κ2) is 22.8. The van der Waals surface area contributed by atoms with Gasteiger partial charge in [0.15, 0.2) is 0 Å². The fourth-order valence-corrected chi connectivity index (χ4v) is 15.8. The van der Waals surface area contributed by atoms with E-state index >= 15 is 0 Å². The Balaban J connectivity index is 0.828. The second-order valence-electron chi connectivity index (χ2n) is 26.2. The molecule has 20 aromatic rings. The van der Waals surface area contributed by atoms with Crippen molar-refractivity contribution >= 4 is 98.0 Å². The Hall–Kier alpha value is -13.1. The molecule has 0 spiro atoms. The molecule has 99 heavy (non-hydrogen) atoms. The molecule has 0 aliphatic carbocycles. The maximum atomic E-state index is 7.43. The van der Waals surface area contributed by atoms with Gasteiger partial charge in [-0.15, -0.1) is 0 Å². The van der Waals surface area contributed by atoms with Crippen molar-refractivity contribution in [1.82, 2.24) is 4.57 Å². The van der Waals surface area contributed by atoms with Crippen molar-refractivity contribution in [3.63, 3.8) is 0 Å². The van der Waals surface area contributed by atoms with Crippen molar-refractivity contribution in [3.05, 3.63) is 358 Å². The highest BCUT2D eigenvalue weighted by Gasteiger charge is 2.25. The van der Waals surface area contributed by atoms with Gasteiger partial charge in [0.25, 0.3) is 0 Å². The van der Waals surface area contributed by atoms with Crippen molar-refractivity contribution in [2.24, 2.45) is 0 Å². The van der Waals surface area contributed by atoms with Gasteiger partial charge in [0.05, 0.1) is 11.0 Å².